The first-order chi connectivity index (χ1) is 13.1. The van der Waals surface area contributed by atoms with Crippen molar-refractivity contribution in [2.45, 2.75) is 18.4 Å². The van der Waals surface area contributed by atoms with Gasteiger partial charge in [0, 0.05) is 29.3 Å². The first-order valence-electron chi connectivity index (χ1n) is 9.00. The average molecular weight is 360 g/mol. The lowest BCUT2D eigenvalue weighted by atomic mass is 9.75. The van der Waals surface area contributed by atoms with E-state index in [-0.39, 0.29) is 34.3 Å². The minimum atomic E-state index is -0.362. The van der Waals surface area contributed by atoms with Crippen LogP contribution in [-0.4, -0.2) is 4.92 Å². The molecule has 134 valence electrons. The molecule has 1 N–H and O–H groups in total. The molecule has 0 spiro atoms. The van der Waals surface area contributed by atoms with Gasteiger partial charge in [-0.1, -0.05) is 42.5 Å². The largest absolute Gasteiger partial charge is 0.378 e. The molecule has 3 aromatic carbocycles. The van der Waals surface area contributed by atoms with Crippen LogP contribution in [-0.2, 0) is 6.42 Å². The molecule has 1 heterocycles. The number of fused-ring (bicyclic) bond motifs is 5. The number of non-ortho nitro benzene ring substituents is 1. The summed E-state index contributed by atoms with van der Waals surface area (Å²) in [6.07, 6.45) is 0.814. The van der Waals surface area contributed by atoms with E-state index >= 15 is 0 Å². The molecule has 0 bridgehead atoms. The summed E-state index contributed by atoms with van der Waals surface area (Å²) >= 11 is 0. The summed E-state index contributed by atoms with van der Waals surface area (Å²) in [4.78, 5) is 10.9. The Morgan fingerprint density at radius 1 is 0.963 bits per heavy atom. The van der Waals surface area contributed by atoms with E-state index in [0.29, 0.717) is 5.56 Å². The van der Waals surface area contributed by atoms with Crippen molar-refractivity contribution in [2.24, 2.45) is 5.92 Å². The van der Waals surface area contributed by atoms with E-state index in [1.165, 1.54) is 23.3 Å². The van der Waals surface area contributed by atoms with Crippen LogP contribution in [0, 0.1) is 21.8 Å². The van der Waals surface area contributed by atoms with Crippen molar-refractivity contribution in [3.63, 3.8) is 0 Å². The number of nitrogens with one attached hydrogen (secondary N) is 1. The van der Waals surface area contributed by atoms with Gasteiger partial charge in [0.2, 0.25) is 0 Å². The van der Waals surface area contributed by atoms with Gasteiger partial charge < -0.3 is 5.32 Å². The molecule has 3 aromatic rings. The second-order valence-corrected chi connectivity index (χ2v) is 7.22. The number of nitrogens with zero attached hydrogens (tertiary/aromatic N) is 1. The monoisotopic (exact) mass is 360 g/mol. The molecular formula is C22H17FN2O2. The lowest BCUT2D eigenvalue weighted by Gasteiger charge is -2.38. The minimum absolute atomic E-state index is 0.0157. The summed E-state index contributed by atoms with van der Waals surface area (Å²) in [6.45, 7) is 0. The van der Waals surface area contributed by atoms with Crippen LogP contribution < -0.4 is 5.32 Å². The molecule has 5 heteroatoms. The Kier molecular flexibility index (Phi) is 3.50. The van der Waals surface area contributed by atoms with E-state index in [0.717, 1.165) is 17.7 Å². The number of rotatable bonds is 2. The number of halogens is 1. The summed E-state index contributed by atoms with van der Waals surface area (Å²) in [7, 11) is 0. The minimum Gasteiger partial charge on any atom is -0.378 e. The molecule has 0 amide bonds. The van der Waals surface area contributed by atoms with Crippen LogP contribution in [0.4, 0.5) is 15.8 Å². The standard InChI is InChI=1S/C22H17FN2O2/c23-19-8-4-3-7-16(19)22-18-11-13-5-1-2-6-15(13)21(18)17-12-14(25(26)27)9-10-20(17)24-22/h1-10,12,18,21-22,24H,11H2/t18-,21+,22-/m1/s1. The number of anilines is 1. The Labute approximate surface area is 155 Å². The predicted molar refractivity (Wildman–Crippen MR) is 101 cm³/mol. The molecule has 0 saturated heterocycles. The van der Waals surface area contributed by atoms with Crippen molar-refractivity contribution in [1.29, 1.82) is 0 Å². The second-order valence-electron chi connectivity index (χ2n) is 7.22. The number of nitro groups is 1. The van der Waals surface area contributed by atoms with Crippen LogP contribution in [0.2, 0.25) is 0 Å². The summed E-state index contributed by atoms with van der Waals surface area (Å²) in [5.74, 6) is -0.106. The number of benzene rings is 3. The third-order valence-corrected chi connectivity index (χ3v) is 5.83. The highest BCUT2D eigenvalue weighted by Crippen LogP contribution is 2.54. The van der Waals surface area contributed by atoms with Crippen LogP contribution >= 0.6 is 0 Å². The van der Waals surface area contributed by atoms with Crippen LogP contribution in [0.15, 0.2) is 66.7 Å². The molecule has 4 nitrogen and oxygen atoms in total. The van der Waals surface area contributed by atoms with Gasteiger partial charge in [0.15, 0.2) is 0 Å². The lowest BCUT2D eigenvalue weighted by molar-refractivity contribution is -0.384. The highest BCUT2D eigenvalue weighted by atomic mass is 19.1. The molecule has 0 fully saturated rings. The van der Waals surface area contributed by atoms with E-state index < -0.39 is 0 Å². The van der Waals surface area contributed by atoms with Crippen molar-refractivity contribution in [1.82, 2.24) is 0 Å². The predicted octanol–water partition coefficient (Wildman–Crippen LogP) is 5.20. The number of hydrogen-bond donors (Lipinski definition) is 1. The third kappa shape index (κ3) is 2.42. The zero-order valence-corrected chi connectivity index (χ0v) is 14.4. The molecule has 3 atom stereocenters. The van der Waals surface area contributed by atoms with E-state index in [2.05, 4.69) is 17.4 Å². The van der Waals surface area contributed by atoms with E-state index in [9.17, 15) is 14.5 Å². The lowest BCUT2D eigenvalue weighted by Crippen LogP contribution is -2.31. The maximum absolute atomic E-state index is 14.6. The van der Waals surface area contributed by atoms with Crippen molar-refractivity contribution >= 4 is 11.4 Å². The van der Waals surface area contributed by atoms with Gasteiger partial charge in [-0.15, -0.1) is 0 Å². The van der Waals surface area contributed by atoms with Gasteiger partial charge in [-0.2, -0.15) is 0 Å². The number of nitro benzene ring substituents is 1. The molecule has 0 aromatic heterocycles. The van der Waals surface area contributed by atoms with Crippen LogP contribution in [0.3, 0.4) is 0 Å². The molecule has 5 rings (SSSR count). The summed E-state index contributed by atoms with van der Waals surface area (Å²) in [6, 6.07) is 19.8. The van der Waals surface area contributed by atoms with Crippen molar-refractivity contribution in [2.75, 3.05) is 5.32 Å². The molecule has 1 aliphatic carbocycles. The van der Waals surface area contributed by atoms with Crippen molar-refractivity contribution in [3.8, 4) is 0 Å². The second kappa shape index (κ2) is 5.91. The molecule has 0 unspecified atom stereocenters. The SMILES string of the molecule is O=[N+]([O-])c1ccc2c(c1)[C@@H]1c3ccccc3C[C@H]1[C@@H](c1ccccc1F)N2. The maximum Gasteiger partial charge on any atom is 0.269 e. The maximum atomic E-state index is 14.6. The van der Waals surface area contributed by atoms with Gasteiger partial charge in [-0.3, -0.25) is 10.1 Å². The number of hydrogen-bond acceptors (Lipinski definition) is 3. The fourth-order valence-corrected chi connectivity index (χ4v) is 4.70. The fraction of sp³-hybridized carbons (Fsp3) is 0.182. The Bertz CT molecular complexity index is 1070. The van der Waals surface area contributed by atoms with E-state index in [1.807, 2.05) is 24.3 Å². The molecule has 27 heavy (non-hydrogen) atoms. The van der Waals surface area contributed by atoms with Gasteiger partial charge in [0.25, 0.3) is 5.69 Å². The Morgan fingerprint density at radius 2 is 1.70 bits per heavy atom. The van der Waals surface area contributed by atoms with Crippen molar-refractivity contribution < 1.29 is 9.31 Å². The smallest absolute Gasteiger partial charge is 0.269 e. The summed E-state index contributed by atoms with van der Waals surface area (Å²) in [5.41, 5.74) is 4.91. The van der Waals surface area contributed by atoms with E-state index in [1.54, 1.807) is 18.2 Å². The highest BCUT2D eigenvalue weighted by molar-refractivity contribution is 5.65. The van der Waals surface area contributed by atoms with Gasteiger partial charge >= 0.3 is 0 Å². The first-order valence-corrected chi connectivity index (χ1v) is 9.00. The van der Waals surface area contributed by atoms with Gasteiger partial charge in [0.1, 0.15) is 5.82 Å². The van der Waals surface area contributed by atoms with Gasteiger partial charge in [0.05, 0.1) is 11.0 Å². The Hall–Kier alpha value is -3.21. The highest BCUT2D eigenvalue weighted by Gasteiger charge is 2.44. The summed E-state index contributed by atoms with van der Waals surface area (Å²) in [5, 5.41) is 14.8. The fourth-order valence-electron chi connectivity index (χ4n) is 4.70. The Morgan fingerprint density at radius 3 is 2.48 bits per heavy atom. The van der Waals surface area contributed by atoms with Crippen LogP contribution in [0.1, 0.15) is 34.2 Å². The topological polar surface area (TPSA) is 55.2 Å². The van der Waals surface area contributed by atoms with Crippen LogP contribution in [0.5, 0.6) is 0 Å². The van der Waals surface area contributed by atoms with E-state index in [4.69, 9.17) is 0 Å². The zero-order valence-electron chi connectivity index (χ0n) is 14.4. The molecule has 2 aliphatic rings. The molecule has 0 radical (unpaired) electrons. The van der Waals surface area contributed by atoms with Gasteiger partial charge in [-0.25, -0.2) is 4.39 Å². The van der Waals surface area contributed by atoms with Crippen LogP contribution in [0.25, 0.3) is 0 Å². The first kappa shape index (κ1) is 16.0. The zero-order chi connectivity index (χ0) is 18.5. The Balaban J connectivity index is 1.71. The van der Waals surface area contributed by atoms with Gasteiger partial charge in [-0.05, 0) is 41.2 Å². The molecule has 1 aliphatic heterocycles. The average Bonchev–Trinajstić information content (AvgIpc) is 3.07. The summed E-state index contributed by atoms with van der Waals surface area (Å²) < 4.78 is 14.6. The third-order valence-electron chi connectivity index (χ3n) is 5.83. The molecule has 0 saturated carbocycles. The van der Waals surface area contributed by atoms with Crippen molar-refractivity contribution in [3.05, 3.63) is 105 Å². The normalized spacial score (nSPS) is 22.3. The molecular weight excluding hydrogens is 343 g/mol. The quantitative estimate of drug-likeness (QED) is 0.504.